The topological polar surface area (TPSA) is 69.6 Å². The fraction of sp³-hybridized carbons (Fsp3) is 0.846. The van der Waals surface area contributed by atoms with Gasteiger partial charge in [-0.3, -0.25) is 4.79 Å². The normalized spacial score (nSPS) is 22.8. The second-order valence-corrected chi connectivity index (χ2v) is 5.63. The number of carboxylic acids is 1. The van der Waals surface area contributed by atoms with Crippen LogP contribution in [0.4, 0.5) is 0 Å². The predicted molar refractivity (Wildman–Crippen MR) is 69.2 cm³/mol. The van der Waals surface area contributed by atoms with Crippen LogP contribution in [0.2, 0.25) is 0 Å². The Labute approximate surface area is 109 Å². The summed E-state index contributed by atoms with van der Waals surface area (Å²) in [6.07, 6.45) is 2.32. The fourth-order valence-corrected chi connectivity index (χ4v) is 2.36. The maximum Gasteiger partial charge on any atom is 0.326 e. The van der Waals surface area contributed by atoms with Crippen molar-refractivity contribution in [2.75, 3.05) is 20.1 Å². The Morgan fingerprint density at radius 3 is 2.61 bits per heavy atom. The Bertz CT molecular complexity index is 305. The van der Waals surface area contributed by atoms with Crippen LogP contribution in [0.15, 0.2) is 0 Å². The summed E-state index contributed by atoms with van der Waals surface area (Å²) in [4.78, 5) is 25.2. The third-order valence-electron chi connectivity index (χ3n) is 3.32. The Morgan fingerprint density at radius 2 is 2.11 bits per heavy atom. The molecule has 2 N–H and O–H groups in total. The van der Waals surface area contributed by atoms with Crippen LogP contribution in [0.5, 0.6) is 0 Å². The smallest absolute Gasteiger partial charge is 0.326 e. The van der Waals surface area contributed by atoms with E-state index < -0.39 is 12.0 Å². The van der Waals surface area contributed by atoms with Crippen LogP contribution in [0.25, 0.3) is 0 Å². The Hall–Kier alpha value is -1.10. The van der Waals surface area contributed by atoms with E-state index in [1.807, 2.05) is 20.9 Å². The number of amides is 1. The lowest BCUT2D eigenvalue weighted by Gasteiger charge is -2.29. The first-order chi connectivity index (χ1) is 8.40. The zero-order chi connectivity index (χ0) is 13.7. The summed E-state index contributed by atoms with van der Waals surface area (Å²) in [5.41, 5.74) is 0. The minimum absolute atomic E-state index is 0.0715. The zero-order valence-electron chi connectivity index (χ0n) is 11.5. The maximum absolute atomic E-state index is 12.0. The van der Waals surface area contributed by atoms with Crippen molar-refractivity contribution in [2.24, 2.45) is 11.8 Å². The van der Waals surface area contributed by atoms with Crippen molar-refractivity contribution in [3.8, 4) is 0 Å². The van der Waals surface area contributed by atoms with E-state index in [0.717, 1.165) is 25.9 Å². The van der Waals surface area contributed by atoms with Gasteiger partial charge in [-0.25, -0.2) is 4.79 Å². The van der Waals surface area contributed by atoms with Gasteiger partial charge in [0, 0.05) is 6.54 Å². The summed E-state index contributed by atoms with van der Waals surface area (Å²) < 4.78 is 0. The van der Waals surface area contributed by atoms with Gasteiger partial charge >= 0.3 is 5.97 Å². The lowest BCUT2D eigenvalue weighted by atomic mass is 9.96. The standard InChI is InChI=1S/C13H24N2O3/c1-9(2)7-11(13(17)18)14-12(16)10-5-4-6-15(3)8-10/h9-11H,4-8H2,1-3H3,(H,14,16)(H,17,18)/t10?,11-/m1/s1. The third-order valence-corrected chi connectivity index (χ3v) is 3.32. The highest BCUT2D eigenvalue weighted by Gasteiger charge is 2.28. The molecule has 1 aliphatic rings. The summed E-state index contributed by atoms with van der Waals surface area (Å²) in [7, 11) is 1.99. The minimum Gasteiger partial charge on any atom is -0.480 e. The van der Waals surface area contributed by atoms with Gasteiger partial charge in [0.05, 0.1) is 5.92 Å². The summed E-state index contributed by atoms with van der Waals surface area (Å²) in [5.74, 6) is -0.881. The highest BCUT2D eigenvalue weighted by Crippen LogP contribution is 2.16. The van der Waals surface area contributed by atoms with Crippen molar-refractivity contribution in [3.63, 3.8) is 0 Å². The molecule has 1 heterocycles. The highest BCUT2D eigenvalue weighted by molar-refractivity contribution is 5.85. The summed E-state index contributed by atoms with van der Waals surface area (Å²) >= 11 is 0. The van der Waals surface area contributed by atoms with Crippen LogP contribution < -0.4 is 5.32 Å². The average molecular weight is 256 g/mol. The molecule has 0 saturated carbocycles. The van der Waals surface area contributed by atoms with Crippen molar-refractivity contribution in [2.45, 2.75) is 39.2 Å². The van der Waals surface area contributed by atoms with Crippen molar-refractivity contribution in [1.82, 2.24) is 10.2 Å². The Balaban J connectivity index is 2.52. The number of aliphatic carboxylic acids is 1. The minimum atomic E-state index is -0.943. The largest absolute Gasteiger partial charge is 0.480 e. The number of nitrogens with zero attached hydrogens (tertiary/aromatic N) is 1. The van der Waals surface area contributed by atoms with E-state index in [4.69, 9.17) is 5.11 Å². The van der Waals surface area contributed by atoms with Gasteiger partial charge in [-0.05, 0) is 38.8 Å². The van der Waals surface area contributed by atoms with Gasteiger partial charge < -0.3 is 15.3 Å². The molecule has 0 bridgehead atoms. The fourth-order valence-electron chi connectivity index (χ4n) is 2.36. The zero-order valence-corrected chi connectivity index (χ0v) is 11.5. The molecular formula is C13H24N2O3. The molecule has 1 fully saturated rings. The monoisotopic (exact) mass is 256 g/mol. The average Bonchev–Trinajstić information content (AvgIpc) is 2.27. The molecular weight excluding hydrogens is 232 g/mol. The molecule has 0 aromatic rings. The van der Waals surface area contributed by atoms with E-state index >= 15 is 0 Å². The van der Waals surface area contributed by atoms with Crippen molar-refractivity contribution in [1.29, 1.82) is 0 Å². The number of rotatable bonds is 5. The van der Waals surface area contributed by atoms with Crippen molar-refractivity contribution in [3.05, 3.63) is 0 Å². The maximum atomic E-state index is 12.0. The van der Waals surface area contributed by atoms with Gasteiger partial charge in [-0.2, -0.15) is 0 Å². The molecule has 0 aliphatic carbocycles. The number of carboxylic acid groups (broad SMARTS) is 1. The second kappa shape index (κ2) is 6.73. The molecule has 0 spiro atoms. The number of piperidine rings is 1. The molecule has 1 rings (SSSR count). The third kappa shape index (κ3) is 4.64. The first kappa shape index (κ1) is 15.0. The number of hydrogen-bond donors (Lipinski definition) is 2. The van der Waals surface area contributed by atoms with Crippen LogP contribution in [0.1, 0.15) is 33.1 Å². The van der Waals surface area contributed by atoms with Gasteiger partial charge in [0.15, 0.2) is 0 Å². The lowest BCUT2D eigenvalue weighted by molar-refractivity contribution is -0.143. The molecule has 104 valence electrons. The number of likely N-dealkylation sites (tertiary alicyclic amines) is 1. The van der Waals surface area contributed by atoms with E-state index in [0.29, 0.717) is 6.42 Å². The summed E-state index contributed by atoms with van der Waals surface area (Å²) in [6.45, 7) is 5.64. The van der Waals surface area contributed by atoms with Crippen molar-refractivity contribution >= 4 is 11.9 Å². The van der Waals surface area contributed by atoms with Gasteiger partial charge in [0.1, 0.15) is 6.04 Å². The Kier molecular flexibility index (Phi) is 5.59. The molecule has 1 aliphatic heterocycles. The van der Waals surface area contributed by atoms with E-state index in [-0.39, 0.29) is 17.7 Å². The summed E-state index contributed by atoms with van der Waals surface area (Å²) in [6, 6.07) is -0.760. The van der Waals surface area contributed by atoms with Gasteiger partial charge in [-0.1, -0.05) is 13.8 Å². The Morgan fingerprint density at radius 1 is 1.44 bits per heavy atom. The molecule has 0 aromatic carbocycles. The number of nitrogens with one attached hydrogen (secondary N) is 1. The van der Waals surface area contributed by atoms with E-state index in [2.05, 4.69) is 10.2 Å². The molecule has 0 aromatic heterocycles. The number of carbonyl (C=O) groups is 2. The van der Waals surface area contributed by atoms with E-state index in [1.165, 1.54) is 0 Å². The first-order valence-corrected chi connectivity index (χ1v) is 6.62. The molecule has 1 unspecified atom stereocenters. The SMILES string of the molecule is CC(C)C[C@@H](NC(=O)C1CCCN(C)C1)C(=O)O. The van der Waals surface area contributed by atoms with Crippen LogP contribution in [-0.4, -0.2) is 48.1 Å². The molecule has 1 amide bonds. The summed E-state index contributed by atoms with van der Waals surface area (Å²) in [5, 5.41) is 11.8. The van der Waals surface area contributed by atoms with E-state index in [9.17, 15) is 9.59 Å². The molecule has 5 nitrogen and oxygen atoms in total. The van der Waals surface area contributed by atoms with Crippen molar-refractivity contribution < 1.29 is 14.7 Å². The molecule has 5 heteroatoms. The molecule has 18 heavy (non-hydrogen) atoms. The quantitative estimate of drug-likeness (QED) is 0.768. The molecule has 2 atom stereocenters. The predicted octanol–water partition coefficient (Wildman–Crippen LogP) is 0.944. The molecule has 1 saturated heterocycles. The number of carbonyl (C=O) groups excluding carboxylic acids is 1. The van der Waals surface area contributed by atoms with Gasteiger partial charge in [-0.15, -0.1) is 0 Å². The van der Waals surface area contributed by atoms with E-state index in [1.54, 1.807) is 0 Å². The van der Waals surface area contributed by atoms with Gasteiger partial charge in [0.25, 0.3) is 0 Å². The van der Waals surface area contributed by atoms with Gasteiger partial charge in [0.2, 0.25) is 5.91 Å². The van der Waals surface area contributed by atoms with Crippen LogP contribution in [-0.2, 0) is 9.59 Å². The van der Waals surface area contributed by atoms with Crippen LogP contribution >= 0.6 is 0 Å². The van der Waals surface area contributed by atoms with Crippen LogP contribution in [0, 0.1) is 11.8 Å². The second-order valence-electron chi connectivity index (χ2n) is 5.63. The molecule has 0 radical (unpaired) electrons. The first-order valence-electron chi connectivity index (χ1n) is 6.62. The highest BCUT2D eigenvalue weighted by atomic mass is 16.4. The number of hydrogen-bond acceptors (Lipinski definition) is 3. The van der Waals surface area contributed by atoms with Crippen LogP contribution in [0.3, 0.4) is 0 Å². The lowest BCUT2D eigenvalue weighted by Crippen LogP contribution is -2.48.